The van der Waals surface area contributed by atoms with E-state index in [0.717, 1.165) is 50.7 Å². The van der Waals surface area contributed by atoms with Gasteiger partial charge in [-0.2, -0.15) is 13.2 Å². The Bertz CT molecular complexity index is 671. The number of piperidine rings is 1. The zero-order valence-corrected chi connectivity index (χ0v) is 16.8. The number of rotatable bonds is 7. The SMILES string of the molecule is CCNC(=NCCOc1ccc(C(F)(F)F)cn1)N1CCC(CC(=O)NC)CC1. The number of alkyl halides is 3. The molecule has 29 heavy (non-hydrogen) atoms. The van der Waals surface area contributed by atoms with Crippen molar-refractivity contribution in [2.24, 2.45) is 10.9 Å². The zero-order chi connectivity index (χ0) is 21.3. The zero-order valence-electron chi connectivity index (χ0n) is 16.8. The third-order valence-electron chi connectivity index (χ3n) is 4.67. The van der Waals surface area contributed by atoms with Crippen LogP contribution in [-0.4, -0.2) is 61.6 Å². The Labute approximate surface area is 168 Å². The Morgan fingerprint density at radius 1 is 1.34 bits per heavy atom. The normalized spacial score (nSPS) is 15.9. The number of aliphatic imine (C=N–C) groups is 1. The predicted octanol–water partition coefficient (Wildman–Crippen LogP) is 2.29. The fraction of sp³-hybridized carbons (Fsp3) is 0.632. The van der Waals surface area contributed by atoms with Crippen LogP contribution in [0.15, 0.2) is 23.3 Å². The number of amides is 1. The molecule has 0 atom stereocenters. The van der Waals surface area contributed by atoms with Gasteiger partial charge in [-0.25, -0.2) is 9.98 Å². The lowest BCUT2D eigenvalue weighted by Gasteiger charge is -2.34. The first-order valence-electron chi connectivity index (χ1n) is 9.73. The van der Waals surface area contributed by atoms with E-state index in [-0.39, 0.29) is 18.4 Å². The summed E-state index contributed by atoms with van der Waals surface area (Å²) in [4.78, 5) is 21.9. The summed E-state index contributed by atoms with van der Waals surface area (Å²) in [5.41, 5.74) is -0.808. The largest absolute Gasteiger partial charge is 0.476 e. The fourth-order valence-electron chi connectivity index (χ4n) is 3.07. The third-order valence-corrected chi connectivity index (χ3v) is 4.67. The van der Waals surface area contributed by atoms with Crippen LogP contribution in [0.5, 0.6) is 5.88 Å². The molecule has 0 bridgehead atoms. The van der Waals surface area contributed by atoms with Crippen molar-refractivity contribution in [2.45, 2.75) is 32.4 Å². The summed E-state index contributed by atoms with van der Waals surface area (Å²) in [7, 11) is 1.65. The van der Waals surface area contributed by atoms with Crippen molar-refractivity contribution < 1.29 is 22.7 Å². The number of carbonyl (C=O) groups is 1. The molecule has 7 nitrogen and oxygen atoms in total. The minimum absolute atomic E-state index is 0.0676. The second kappa shape index (κ2) is 10.9. The Kier molecular flexibility index (Phi) is 8.53. The van der Waals surface area contributed by atoms with Crippen LogP contribution >= 0.6 is 0 Å². The van der Waals surface area contributed by atoms with E-state index in [1.165, 1.54) is 6.07 Å². The Morgan fingerprint density at radius 3 is 2.62 bits per heavy atom. The van der Waals surface area contributed by atoms with Gasteiger partial charge in [0.2, 0.25) is 11.8 Å². The minimum atomic E-state index is -4.41. The van der Waals surface area contributed by atoms with Gasteiger partial charge in [-0.05, 0) is 31.7 Å². The van der Waals surface area contributed by atoms with Gasteiger partial charge in [0.25, 0.3) is 0 Å². The van der Waals surface area contributed by atoms with E-state index in [0.29, 0.717) is 18.9 Å². The Balaban J connectivity index is 1.81. The van der Waals surface area contributed by atoms with E-state index in [4.69, 9.17) is 4.74 Å². The maximum Gasteiger partial charge on any atom is 0.417 e. The van der Waals surface area contributed by atoms with Crippen LogP contribution in [0, 0.1) is 5.92 Å². The van der Waals surface area contributed by atoms with Gasteiger partial charge in [-0.1, -0.05) is 0 Å². The summed E-state index contributed by atoms with van der Waals surface area (Å²) in [6.07, 6.45) is -1.27. The third kappa shape index (κ3) is 7.43. The van der Waals surface area contributed by atoms with Crippen molar-refractivity contribution in [1.29, 1.82) is 0 Å². The lowest BCUT2D eigenvalue weighted by Crippen LogP contribution is -2.46. The summed E-state index contributed by atoms with van der Waals surface area (Å²) in [5.74, 6) is 1.35. The first kappa shape index (κ1) is 22.8. The van der Waals surface area contributed by atoms with Gasteiger partial charge >= 0.3 is 6.18 Å². The van der Waals surface area contributed by atoms with Crippen LogP contribution in [-0.2, 0) is 11.0 Å². The Hall–Kier alpha value is -2.52. The van der Waals surface area contributed by atoms with Gasteiger partial charge in [-0.3, -0.25) is 4.79 Å². The average molecular weight is 415 g/mol. The van der Waals surface area contributed by atoms with Gasteiger partial charge in [0, 0.05) is 45.4 Å². The van der Waals surface area contributed by atoms with Crippen molar-refractivity contribution in [3.05, 3.63) is 23.9 Å². The molecule has 2 N–H and O–H groups in total. The molecule has 1 amide bonds. The van der Waals surface area contributed by atoms with E-state index in [1.54, 1.807) is 7.05 Å². The number of guanidine groups is 1. The number of ether oxygens (including phenoxy) is 1. The lowest BCUT2D eigenvalue weighted by molar-refractivity contribution is -0.137. The van der Waals surface area contributed by atoms with Gasteiger partial charge in [-0.15, -0.1) is 0 Å². The van der Waals surface area contributed by atoms with E-state index in [1.807, 2.05) is 6.92 Å². The minimum Gasteiger partial charge on any atom is -0.476 e. The first-order valence-corrected chi connectivity index (χ1v) is 9.73. The predicted molar refractivity (Wildman–Crippen MR) is 104 cm³/mol. The second-order valence-electron chi connectivity index (χ2n) is 6.77. The molecule has 0 spiro atoms. The number of likely N-dealkylation sites (tertiary alicyclic amines) is 1. The van der Waals surface area contributed by atoms with Crippen molar-refractivity contribution in [3.8, 4) is 5.88 Å². The molecule has 1 aliphatic rings. The summed E-state index contributed by atoms with van der Waals surface area (Å²) < 4.78 is 43.0. The lowest BCUT2D eigenvalue weighted by atomic mass is 9.93. The van der Waals surface area contributed by atoms with Gasteiger partial charge in [0.1, 0.15) is 6.61 Å². The molecule has 1 aromatic rings. The molecule has 1 aliphatic heterocycles. The molecule has 10 heteroatoms. The highest BCUT2D eigenvalue weighted by atomic mass is 19.4. The van der Waals surface area contributed by atoms with Crippen LogP contribution < -0.4 is 15.4 Å². The van der Waals surface area contributed by atoms with Crippen LogP contribution in [0.25, 0.3) is 0 Å². The van der Waals surface area contributed by atoms with E-state index in [2.05, 4.69) is 25.5 Å². The maximum atomic E-state index is 12.5. The first-order chi connectivity index (χ1) is 13.8. The highest BCUT2D eigenvalue weighted by Gasteiger charge is 2.30. The molecule has 1 fully saturated rings. The summed E-state index contributed by atoms with van der Waals surface area (Å²) >= 11 is 0. The van der Waals surface area contributed by atoms with Gasteiger partial charge < -0.3 is 20.3 Å². The molecule has 1 saturated heterocycles. The highest BCUT2D eigenvalue weighted by Crippen LogP contribution is 2.29. The standard InChI is InChI=1S/C19H28F3N5O2/c1-3-24-18(27-9-6-14(7-10-27)12-16(28)23-2)25-8-11-29-17-5-4-15(13-26-17)19(20,21)22/h4-5,13-14H,3,6-12H2,1-2H3,(H,23,28)(H,24,25). The average Bonchev–Trinajstić information content (AvgIpc) is 2.70. The van der Waals surface area contributed by atoms with Crippen LogP contribution in [0.3, 0.4) is 0 Å². The molecule has 0 unspecified atom stereocenters. The van der Waals surface area contributed by atoms with Crippen LogP contribution in [0.4, 0.5) is 13.2 Å². The van der Waals surface area contributed by atoms with Gasteiger partial charge in [0.15, 0.2) is 5.96 Å². The fourth-order valence-corrected chi connectivity index (χ4v) is 3.07. The topological polar surface area (TPSA) is 78.9 Å². The van der Waals surface area contributed by atoms with Crippen molar-refractivity contribution in [3.63, 3.8) is 0 Å². The number of carbonyl (C=O) groups excluding carboxylic acids is 1. The van der Waals surface area contributed by atoms with Crippen LogP contribution in [0.2, 0.25) is 0 Å². The van der Waals surface area contributed by atoms with E-state index < -0.39 is 11.7 Å². The maximum absolute atomic E-state index is 12.5. The molecule has 162 valence electrons. The second-order valence-corrected chi connectivity index (χ2v) is 6.77. The number of aromatic nitrogens is 1. The van der Waals surface area contributed by atoms with Crippen LogP contribution in [0.1, 0.15) is 31.7 Å². The highest BCUT2D eigenvalue weighted by molar-refractivity contribution is 5.80. The number of nitrogens with zero attached hydrogens (tertiary/aromatic N) is 3. The number of pyridine rings is 1. The smallest absolute Gasteiger partial charge is 0.417 e. The van der Waals surface area contributed by atoms with E-state index in [9.17, 15) is 18.0 Å². The van der Waals surface area contributed by atoms with Crippen molar-refractivity contribution >= 4 is 11.9 Å². The number of nitrogens with one attached hydrogen (secondary N) is 2. The van der Waals surface area contributed by atoms with E-state index >= 15 is 0 Å². The molecular weight excluding hydrogens is 387 g/mol. The molecule has 2 rings (SSSR count). The molecule has 0 aromatic carbocycles. The number of hydrogen-bond donors (Lipinski definition) is 2. The van der Waals surface area contributed by atoms with Crippen molar-refractivity contribution in [2.75, 3.05) is 39.8 Å². The number of halogens is 3. The molecule has 0 saturated carbocycles. The van der Waals surface area contributed by atoms with Crippen molar-refractivity contribution in [1.82, 2.24) is 20.5 Å². The van der Waals surface area contributed by atoms with Gasteiger partial charge in [0.05, 0.1) is 12.1 Å². The Morgan fingerprint density at radius 2 is 2.07 bits per heavy atom. The molecule has 0 radical (unpaired) electrons. The summed E-state index contributed by atoms with van der Waals surface area (Å²) in [6.45, 7) is 4.89. The summed E-state index contributed by atoms with van der Waals surface area (Å²) in [6, 6.07) is 2.15. The molecular formula is C19H28F3N5O2. The molecule has 1 aromatic heterocycles. The monoisotopic (exact) mass is 415 g/mol. The quantitative estimate of drug-likeness (QED) is 0.406. The number of hydrogen-bond acceptors (Lipinski definition) is 4. The summed E-state index contributed by atoms with van der Waals surface area (Å²) in [5, 5.41) is 5.90. The molecule has 2 heterocycles. The molecule has 0 aliphatic carbocycles.